The van der Waals surface area contributed by atoms with Crippen molar-refractivity contribution in [3.63, 3.8) is 0 Å². The van der Waals surface area contributed by atoms with Crippen molar-refractivity contribution in [1.29, 1.82) is 0 Å². The summed E-state index contributed by atoms with van der Waals surface area (Å²) in [6.45, 7) is 5.25. The van der Waals surface area contributed by atoms with Gasteiger partial charge in [-0.25, -0.2) is 4.99 Å². The fourth-order valence-corrected chi connectivity index (χ4v) is 3.31. The standard InChI is InChI=1S/C22H27N5O4.HI/c1-17(28)25-11-13-26(14-12-25)22(24-16-19-5-9-21(31-2)10-6-19)23-15-18-3-7-20(8-4-18)27(29)30;/h3-10H,11-16H2,1-2H3,(H,23,24);1H. The number of nitrogens with zero attached hydrogens (tertiary/aromatic N) is 4. The molecule has 9 nitrogen and oxygen atoms in total. The Morgan fingerprint density at radius 3 is 2.12 bits per heavy atom. The number of hydrogen-bond donors (Lipinski definition) is 1. The average molecular weight is 553 g/mol. The number of carbonyl (C=O) groups excluding carboxylic acids is 1. The number of ether oxygens (including phenoxy) is 1. The molecule has 2 aromatic rings. The summed E-state index contributed by atoms with van der Waals surface area (Å²) < 4.78 is 5.20. The van der Waals surface area contributed by atoms with E-state index in [0.29, 0.717) is 39.3 Å². The molecule has 0 radical (unpaired) electrons. The first-order chi connectivity index (χ1) is 15.0. The van der Waals surface area contributed by atoms with Crippen molar-refractivity contribution >= 4 is 41.5 Å². The molecule has 2 aromatic carbocycles. The van der Waals surface area contributed by atoms with Crippen LogP contribution in [0, 0.1) is 10.1 Å². The zero-order chi connectivity index (χ0) is 22.2. The number of piperazine rings is 1. The Balaban J connectivity index is 0.00000363. The van der Waals surface area contributed by atoms with Gasteiger partial charge in [-0.15, -0.1) is 24.0 Å². The molecule has 0 spiro atoms. The maximum absolute atomic E-state index is 11.6. The van der Waals surface area contributed by atoms with Gasteiger partial charge in [-0.05, 0) is 23.3 Å². The van der Waals surface area contributed by atoms with Crippen LogP contribution >= 0.6 is 24.0 Å². The van der Waals surface area contributed by atoms with Crippen LogP contribution in [0.3, 0.4) is 0 Å². The first kappa shape index (κ1) is 25.4. The second-order valence-corrected chi connectivity index (χ2v) is 7.26. The van der Waals surface area contributed by atoms with E-state index in [1.54, 1.807) is 26.2 Å². The molecule has 1 N–H and O–H groups in total. The monoisotopic (exact) mass is 553 g/mol. The predicted octanol–water partition coefficient (Wildman–Crippen LogP) is 3.03. The number of nitro groups is 1. The molecule has 3 rings (SSSR count). The van der Waals surface area contributed by atoms with Gasteiger partial charge in [0.05, 0.1) is 18.6 Å². The molecule has 1 heterocycles. The number of methoxy groups -OCH3 is 1. The number of rotatable bonds is 6. The van der Waals surface area contributed by atoms with Crippen molar-refractivity contribution < 1.29 is 14.5 Å². The highest BCUT2D eigenvalue weighted by atomic mass is 127. The van der Waals surface area contributed by atoms with Gasteiger partial charge in [0.1, 0.15) is 5.75 Å². The Hall–Kier alpha value is -2.89. The van der Waals surface area contributed by atoms with Crippen LogP contribution < -0.4 is 10.1 Å². The Kier molecular flexibility index (Phi) is 9.69. The molecule has 1 aliphatic rings. The van der Waals surface area contributed by atoms with Crippen LogP contribution in [0.4, 0.5) is 5.69 Å². The van der Waals surface area contributed by atoms with Crippen LogP contribution in [0.5, 0.6) is 5.75 Å². The van der Waals surface area contributed by atoms with Crippen molar-refractivity contribution in [3.8, 4) is 5.75 Å². The van der Waals surface area contributed by atoms with Gasteiger partial charge >= 0.3 is 0 Å². The third kappa shape index (κ3) is 7.08. The molecule has 10 heteroatoms. The molecular weight excluding hydrogens is 525 g/mol. The number of guanidine groups is 1. The van der Waals surface area contributed by atoms with E-state index in [0.717, 1.165) is 22.8 Å². The quantitative estimate of drug-likeness (QED) is 0.194. The van der Waals surface area contributed by atoms with Gasteiger partial charge in [-0.2, -0.15) is 0 Å². The Labute approximate surface area is 204 Å². The van der Waals surface area contributed by atoms with E-state index < -0.39 is 4.92 Å². The van der Waals surface area contributed by atoms with Crippen molar-refractivity contribution in [1.82, 2.24) is 15.1 Å². The highest BCUT2D eigenvalue weighted by Crippen LogP contribution is 2.14. The molecule has 0 unspecified atom stereocenters. The summed E-state index contributed by atoms with van der Waals surface area (Å²) in [5.41, 5.74) is 2.04. The number of amides is 1. The second-order valence-electron chi connectivity index (χ2n) is 7.26. The lowest BCUT2D eigenvalue weighted by atomic mass is 10.2. The third-order valence-electron chi connectivity index (χ3n) is 5.19. The van der Waals surface area contributed by atoms with Gasteiger partial charge < -0.3 is 19.9 Å². The van der Waals surface area contributed by atoms with Gasteiger partial charge in [-0.1, -0.05) is 24.3 Å². The average Bonchev–Trinajstić information content (AvgIpc) is 2.80. The summed E-state index contributed by atoms with van der Waals surface area (Å²) in [4.78, 5) is 30.8. The molecular formula is C22H28IN5O4. The molecule has 1 saturated heterocycles. The van der Waals surface area contributed by atoms with Crippen molar-refractivity contribution in [2.24, 2.45) is 4.99 Å². The predicted molar refractivity (Wildman–Crippen MR) is 133 cm³/mol. The highest BCUT2D eigenvalue weighted by molar-refractivity contribution is 14.0. The van der Waals surface area contributed by atoms with Crippen molar-refractivity contribution in [2.45, 2.75) is 20.0 Å². The van der Waals surface area contributed by atoms with Crippen molar-refractivity contribution in [3.05, 3.63) is 69.8 Å². The SMILES string of the molecule is COc1ccc(CN=C(NCc2ccc([N+](=O)[O-])cc2)N2CCN(C(C)=O)CC2)cc1.I. The normalized spacial score (nSPS) is 13.9. The number of benzene rings is 2. The number of halogens is 1. The maximum Gasteiger partial charge on any atom is 0.269 e. The summed E-state index contributed by atoms with van der Waals surface area (Å²) in [6, 6.07) is 14.2. The lowest BCUT2D eigenvalue weighted by molar-refractivity contribution is -0.384. The minimum atomic E-state index is -0.409. The lowest BCUT2D eigenvalue weighted by Gasteiger charge is -2.36. The third-order valence-corrected chi connectivity index (χ3v) is 5.19. The molecule has 1 aliphatic heterocycles. The maximum atomic E-state index is 11.6. The molecule has 0 aliphatic carbocycles. The molecule has 0 atom stereocenters. The molecule has 0 bridgehead atoms. The summed E-state index contributed by atoms with van der Waals surface area (Å²) in [5, 5.41) is 14.2. The number of hydrogen-bond acceptors (Lipinski definition) is 5. The summed E-state index contributed by atoms with van der Waals surface area (Å²) >= 11 is 0. The summed E-state index contributed by atoms with van der Waals surface area (Å²) in [6.07, 6.45) is 0. The molecule has 32 heavy (non-hydrogen) atoms. The summed E-state index contributed by atoms with van der Waals surface area (Å²) in [7, 11) is 1.63. The number of nitro benzene ring substituents is 1. The number of nitrogens with one attached hydrogen (secondary N) is 1. The molecule has 1 fully saturated rings. The molecule has 0 saturated carbocycles. The van der Waals surface area contributed by atoms with E-state index in [4.69, 9.17) is 9.73 Å². The Morgan fingerprint density at radius 2 is 1.59 bits per heavy atom. The molecule has 0 aromatic heterocycles. The number of carbonyl (C=O) groups is 1. The van der Waals surface area contributed by atoms with Crippen molar-refractivity contribution in [2.75, 3.05) is 33.3 Å². The fraction of sp³-hybridized carbons (Fsp3) is 0.364. The van der Waals surface area contributed by atoms with Crippen LogP contribution in [0.1, 0.15) is 18.1 Å². The number of aliphatic imine (C=N–C) groups is 1. The minimum absolute atomic E-state index is 0. The van der Waals surface area contributed by atoms with Gasteiger partial charge in [0, 0.05) is 51.8 Å². The lowest BCUT2D eigenvalue weighted by Crippen LogP contribution is -2.53. The first-order valence-electron chi connectivity index (χ1n) is 10.1. The first-order valence-corrected chi connectivity index (χ1v) is 10.1. The van der Waals surface area contributed by atoms with Crippen LogP contribution in [-0.4, -0.2) is 59.9 Å². The fourth-order valence-electron chi connectivity index (χ4n) is 3.31. The van der Waals surface area contributed by atoms with Crippen LogP contribution in [0.2, 0.25) is 0 Å². The largest absolute Gasteiger partial charge is 0.497 e. The zero-order valence-corrected chi connectivity index (χ0v) is 20.5. The van der Waals surface area contributed by atoms with Crippen LogP contribution in [-0.2, 0) is 17.9 Å². The van der Waals surface area contributed by atoms with Gasteiger partial charge in [0.25, 0.3) is 5.69 Å². The minimum Gasteiger partial charge on any atom is -0.497 e. The van der Waals surface area contributed by atoms with E-state index >= 15 is 0 Å². The molecule has 172 valence electrons. The Bertz CT molecular complexity index is 926. The zero-order valence-electron chi connectivity index (χ0n) is 18.2. The van der Waals surface area contributed by atoms with Gasteiger partial charge in [-0.3, -0.25) is 14.9 Å². The van der Waals surface area contributed by atoms with E-state index in [1.165, 1.54) is 12.1 Å². The Morgan fingerprint density at radius 1 is 1.03 bits per heavy atom. The van der Waals surface area contributed by atoms with Crippen LogP contribution in [0.25, 0.3) is 0 Å². The summed E-state index contributed by atoms with van der Waals surface area (Å²) in [5.74, 6) is 1.62. The topological polar surface area (TPSA) is 100 Å². The van der Waals surface area contributed by atoms with Crippen LogP contribution in [0.15, 0.2) is 53.5 Å². The second kappa shape index (κ2) is 12.2. The molecule has 1 amide bonds. The van der Waals surface area contributed by atoms with Gasteiger partial charge in [0.2, 0.25) is 5.91 Å². The van der Waals surface area contributed by atoms with E-state index in [9.17, 15) is 14.9 Å². The van der Waals surface area contributed by atoms with E-state index in [2.05, 4.69) is 10.2 Å². The highest BCUT2D eigenvalue weighted by Gasteiger charge is 2.21. The van der Waals surface area contributed by atoms with E-state index in [1.807, 2.05) is 29.2 Å². The smallest absolute Gasteiger partial charge is 0.269 e. The number of non-ortho nitro benzene ring substituents is 1. The van der Waals surface area contributed by atoms with Gasteiger partial charge in [0.15, 0.2) is 5.96 Å². The van der Waals surface area contributed by atoms with E-state index in [-0.39, 0.29) is 35.6 Å².